The molecule has 2 aliphatic rings. The van der Waals surface area contributed by atoms with Crippen molar-refractivity contribution in [3.05, 3.63) is 52.8 Å². The molecular formula is C23H23F2N5O2S. The zero-order valence-electron chi connectivity index (χ0n) is 18.1. The summed E-state index contributed by atoms with van der Waals surface area (Å²) in [6.07, 6.45) is 3.63. The number of amides is 1. The number of hydrogen-bond acceptors (Lipinski definition) is 7. The molecule has 0 atom stereocenters. The molecule has 0 aliphatic carbocycles. The molecule has 0 bridgehead atoms. The van der Waals surface area contributed by atoms with Gasteiger partial charge in [-0.15, -0.1) is 0 Å². The van der Waals surface area contributed by atoms with E-state index in [0.717, 1.165) is 34.5 Å². The zero-order valence-corrected chi connectivity index (χ0v) is 18.9. The number of hydrogen-bond donors (Lipinski definition) is 0. The van der Waals surface area contributed by atoms with Crippen LogP contribution in [0.4, 0.5) is 14.6 Å². The Bertz CT molecular complexity index is 1170. The van der Waals surface area contributed by atoms with E-state index in [1.807, 2.05) is 5.38 Å². The maximum Gasteiger partial charge on any atom is 0.219 e. The van der Waals surface area contributed by atoms with E-state index in [9.17, 15) is 13.6 Å². The van der Waals surface area contributed by atoms with Gasteiger partial charge in [-0.1, -0.05) is 0 Å². The first kappa shape index (κ1) is 21.7. The number of anilines is 1. The quantitative estimate of drug-likeness (QED) is 0.576. The summed E-state index contributed by atoms with van der Waals surface area (Å²) in [5.41, 5.74) is 3.40. The molecule has 172 valence electrons. The van der Waals surface area contributed by atoms with Gasteiger partial charge in [0, 0.05) is 62.8 Å². The minimum atomic E-state index is -0.690. The number of aromatic nitrogens is 3. The van der Waals surface area contributed by atoms with Crippen LogP contribution in [0, 0.1) is 11.6 Å². The number of carbonyl (C=O) groups excluding carboxylic acids is 1. The van der Waals surface area contributed by atoms with Crippen molar-refractivity contribution in [2.45, 2.75) is 38.8 Å². The highest BCUT2D eigenvalue weighted by atomic mass is 32.1. The molecule has 0 spiro atoms. The molecule has 0 saturated carbocycles. The lowest BCUT2D eigenvalue weighted by Gasteiger charge is -2.35. The van der Waals surface area contributed by atoms with E-state index >= 15 is 0 Å². The van der Waals surface area contributed by atoms with Gasteiger partial charge in [0.2, 0.25) is 5.91 Å². The van der Waals surface area contributed by atoms with Crippen LogP contribution in [0.3, 0.4) is 0 Å². The summed E-state index contributed by atoms with van der Waals surface area (Å²) in [4.78, 5) is 25.7. The largest absolute Gasteiger partial charge is 0.487 e. The molecular weight excluding hydrogens is 448 g/mol. The fraction of sp³-hybridized carbons (Fsp3) is 0.391. The average molecular weight is 472 g/mol. The molecule has 33 heavy (non-hydrogen) atoms. The Morgan fingerprint density at radius 2 is 1.97 bits per heavy atom. The van der Waals surface area contributed by atoms with Crippen LogP contribution in [-0.4, -0.2) is 50.9 Å². The molecule has 1 aromatic carbocycles. The molecule has 5 rings (SSSR count). The van der Waals surface area contributed by atoms with Gasteiger partial charge in [-0.25, -0.2) is 23.1 Å². The molecule has 7 nitrogen and oxygen atoms in total. The monoisotopic (exact) mass is 471 g/mol. The van der Waals surface area contributed by atoms with Gasteiger partial charge in [0.1, 0.15) is 17.6 Å². The fourth-order valence-corrected chi connectivity index (χ4v) is 4.78. The molecule has 3 aromatic rings. The first-order chi connectivity index (χ1) is 16.0. The molecule has 0 N–H and O–H groups in total. The Balaban J connectivity index is 1.36. The molecule has 0 radical (unpaired) electrons. The molecule has 2 aliphatic heterocycles. The zero-order chi connectivity index (χ0) is 22.9. The van der Waals surface area contributed by atoms with E-state index in [4.69, 9.17) is 14.7 Å². The van der Waals surface area contributed by atoms with Crippen molar-refractivity contribution in [3.63, 3.8) is 0 Å². The van der Waals surface area contributed by atoms with Gasteiger partial charge in [0.05, 0.1) is 24.1 Å². The third-order valence-electron chi connectivity index (χ3n) is 6.07. The van der Waals surface area contributed by atoms with Crippen LogP contribution >= 0.6 is 11.5 Å². The van der Waals surface area contributed by atoms with Crippen LogP contribution < -0.4 is 9.64 Å². The van der Waals surface area contributed by atoms with Gasteiger partial charge in [0.15, 0.2) is 17.4 Å². The molecule has 0 unspecified atom stereocenters. The van der Waals surface area contributed by atoms with Gasteiger partial charge in [0.25, 0.3) is 0 Å². The molecule has 2 aromatic heterocycles. The van der Waals surface area contributed by atoms with Crippen molar-refractivity contribution in [2.75, 3.05) is 24.5 Å². The highest BCUT2D eigenvalue weighted by Crippen LogP contribution is 2.33. The third kappa shape index (κ3) is 4.52. The lowest BCUT2D eigenvalue weighted by Crippen LogP contribution is -2.40. The lowest BCUT2D eigenvalue weighted by atomic mass is 10.1. The van der Waals surface area contributed by atoms with Crippen LogP contribution in [-0.2, 0) is 17.8 Å². The van der Waals surface area contributed by atoms with Gasteiger partial charge in [-0.05, 0) is 23.7 Å². The first-order valence-electron chi connectivity index (χ1n) is 10.9. The number of piperidine rings is 1. The number of fused-ring (bicyclic) bond motifs is 1. The summed E-state index contributed by atoms with van der Waals surface area (Å²) in [5.74, 6) is -0.405. The number of ether oxygens (including phenoxy) is 1. The predicted octanol–water partition coefficient (Wildman–Crippen LogP) is 3.83. The van der Waals surface area contributed by atoms with E-state index in [-0.39, 0.29) is 17.8 Å². The van der Waals surface area contributed by atoms with Gasteiger partial charge < -0.3 is 14.5 Å². The number of nitrogens with zero attached hydrogens (tertiary/aromatic N) is 5. The summed E-state index contributed by atoms with van der Waals surface area (Å²) < 4.78 is 37.2. The lowest BCUT2D eigenvalue weighted by molar-refractivity contribution is -0.129. The fourth-order valence-electron chi connectivity index (χ4n) is 4.26. The minimum Gasteiger partial charge on any atom is -0.487 e. The Morgan fingerprint density at radius 1 is 1.15 bits per heavy atom. The Morgan fingerprint density at radius 3 is 2.67 bits per heavy atom. The second kappa shape index (κ2) is 9.01. The predicted molar refractivity (Wildman–Crippen MR) is 120 cm³/mol. The highest BCUT2D eigenvalue weighted by Gasteiger charge is 2.28. The number of benzene rings is 1. The number of carbonyl (C=O) groups is 1. The average Bonchev–Trinajstić information content (AvgIpc) is 3.35. The van der Waals surface area contributed by atoms with E-state index < -0.39 is 11.6 Å². The molecule has 1 fully saturated rings. The molecule has 1 amide bonds. The maximum absolute atomic E-state index is 14.0. The summed E-state index contributed by atoms with van der Waals surface area (Å²) in [6, 6.07) is 3.37. The van der Waals surface area contributed by atoms with E-state index in [1.54, 1.807) is 18.0 Å². The van der Waals surface area contributed by atoms with Crippen LogP contribution in [0.25, 0.3) is 11.3 Å². The maximum atomic E-state index is 14.0. The van der Waals surface area contributed by atoms with Gasteiger partial charge in [-0.3, -0.25) is 4.79 Å². The Kier molecular flexibility index (Phi) is 5.92. The third-order valence-corrected chi connectivity index (χ3v) is 6.66. The second-order valence-corrected chi connectivity index (χ2v) is 8.93. The summed E-state index contributed by atoms with van der Waals surface area (Å²) >= 11 is 1.35. The van der Waals surface area contributed by atoms with Crippen molar-refractivity contribution in [3.8, 4) is 17.0 Å². The van der Waals surface area contributed by atoms with E-state index in [1.165, 1.54) is 23.7 Å². The van der Waals surface area contributed by atoms with Crippen molar-refractivity contribution in [1.29, 1.82) is 0 Å². The summed E-state index contributed by atoms with van der Waals surface area (Å²) in [7, 11) is 0. The molecule has 4 heterocycles. The standard InChI is InChI=1S/C23H23F2N5O2S/c1-14(31)30-9-6-19-20(12-30)27-22(15-11-26-33-13-15)23(28-19)29-7-4-17(5-8-29)32-21-3-2-16(24)10-18(21)25/h2-3,10-11,13,17H,4-9,12H2,1H3. The van der Waals surface area contributed by atoms with Crippen LogP contribution in [0.1, 0.15) is 31.2 Å². The topological polar surface area (TPSA) is 71.5 Å². The van der Waals surface area contributed by atoms with Gasteiger partial charge in [-0.2, -0.15) is 0 Å². The number of halogens is 2. The van der Waals surface area contributed by atoms with Crippen molar-refractivity contribution < 1.29 is 18.3 Å². The smallest absolute Gasteiger partial charge is 0.219 e. The second-order valence-electron chi connectivity index (χ2n) is 8.27. The van der Waals surface area contributed by atoms with E-state index in [2.05, 4.69) is 9.27 Å². The molecule has 10 heteroatoms. The minimum absolute atomic E-state index is 0.0324. The van der Waals surface area contributed by atoms with Crippen LogP contribution in [0.2, 0.25) is 0 Å². The van der Waals surface area contributed by atoms with E-state index in [0.29, 0.717) is 45.4 Å². The number of rotatable bonds is 4. The van der Waals surface area contributed by atoms with Gasteiger partial charge >= 0.3 is 0 Å². The van der Waals surface area contributed by atoms with Crippen LogP contribution in [0.15, 0.2) is 29.8 Å². The van der Waals surface area contributed by atoms with Crippen LogP contribution in [0.5, 0.6) is 5.75 Å². The highest BCUT2D eigenvalue weighted by molar-refractivity contribution is 7.03. The van der Waals surface area contributed by atoms with Crippen molar-refractivity contribution in [2.24, 2.45) is 0 Å². The van der Waals surface area contributed by atoms with Crippen molar-refractivity contribution >= 4 is 23.3 Å². The SMILES string of the molecule is CC(=O)N1CCc2nc(N3CCC(Oc4ccc(F)cc4F)CC3)c(-c3cnsc3)nc2C1. The Labute approximate surface area is 194 Å². The summed E-state index contributed by atoms with van der Waals surface area (Å²) in [5, 5.41) is 1.94. The Hall–Kier alpha value is -3.14. The molecule has 1 saturated heterocycles. The normalized spacial score (nSPS) is 16.6. The first-order valence-corrected chi connectivity index (χ1v) is 11.7. The summed E-state index contributed by atoms with van der Waals surface area (Å²) in [6.45, 7) is 4.01. The van der Waals surface area contributed by atoms with Crippen molar-refractivity contribution in [1.82, 2.24) is 19.2 Å².